The van der Waals surface area contributed by atoms with Crippen LogP contribution in [0.2, 0.25) is 0 Å². The number of hydrogen-bond acceptors (Lipinski definition) is 5. The van der Waals surface area contributed by atoms with Crippen molar-refractivity contribution < 1.29 is 8.42 Å². The minimum Gasteiger partial charge on any atom is -0.283 e. The summed E-state index contributed by atoms with van der Waals surface area (Å²) in [4.78, 5) is 4.36. The normalized spacial score (nSPS) is 13.5. The molecule has 0 saturated heterocycles. The van der Waals surface area contributed by atoms with Gasteiger partial charge in [0.2, 0.25) is 10.0 Å². The molecule has 6 nitrogen and oxygen atoms in total. The summed E-state index contributed by atoms with van der Waals surface area (Å²) in [6.45, 7) is 3.73. The molecule has 0 saturated carbocycles. The first-order chi connectivity index (χ1) is 10.4. The standard InChI is InChI=1S/C14H16N4O2S2/c1-9-5-11(17-16-9)6-10(2)18-22(19,20)12-7-14-13(15-8-12)3-4-21-14/h3-5,7-8,10,18H,6H2,1-2H3,(H,16,17). The first-order valence-electron chi connectivity index (χ1n) is 6.80. The van der Waals surface area contributed by atoms with Gasteiger partial charge in [-0.15, -0.1) is 11.3 Å². The molecule has 0 aromatic carbocycles. The van der Waals surface area contributed by atoms with Crippen molar-refractivity contribution in [3.8, 4) is 0 Å². The van der Waals surface area contributed by atoms with Crippen molar-refractivity contribution in [1.82, 2.24) is 19.9 Å². The lowest BCUT2D eigenvalue weighted by Crippen LogP contribution is -2.34. The molecule has 0 radical (unpaired) electrons. The van der Waals surface area contributed by atoms with Crippen LogP contribution in [0.3, 0.4) is 0 Å². The number of H-pyrrole nitrogens is 1. The second kappa shape index (κ2) is 5.79. The monoisotopic (exact) mass is 336 g/mol. The predicted octanol–water partition coefficient (Wildman–Crippen LogP) is 2.24. The summed E-state index contributed by atoms with van der Waals surface area (Å²) in [5.74, 6) is 0. The van der Waals surface area contributed by atoms with Gasteiger partial charge in [0.25, 0.3) is 0 Å². The quantitative estimate of drug-likeness (QED) is 0.748. The van der Waals surface area contributed by atoms with Crippen LogP contribution in [0.1, 0.15) is 18.3 Å². The van der Waals surface area contributed by atoms with Gasteiger partial charge in [0.05, 0.1) is 15.9 Å². The van der Waals surface area contributed by atoms with Crippen LogP contribution in [0.5, 0.6) is 0 Å². The summed E-state index contributed by atoms with van der Waals surface area (Å²) in [6, 6.07) is 5.17. The SMILES string of the molecule is Cc1cc(CC(C)NS(=O)(=O)c2cnc3ccsc3c2)n[nH]1. The van der Waals surface area contributed by atoms with Crippen LogP contribution >= 0.6 is 11.3 Å². The van der Waals surface area contributed by atoms with Gasteiger partial charge in [-0.3, -0.25) is 10.1 Å². The van der Waals surface area contributed by atoms with Crippen LogP contribution < -0.4 is 4.72 Å². The minimum atomic E-state index is -3.59. The molecule has 1 atom stereocenters. The van der Waals surface area contributed by atoms with E-state index in [-0.39, 0.29) is 10.9 Å². The van der Waals surface area contributed by atoms with Crippen LogP contribution in [0, 0.1) is 6.92 Å². The fourth-order valence-corrected chi connectivity index (χ4v) is 4.31. The molecular formula is C14H16N4O2S2. The Balaban J connectivity index is 1.77. The Bertz CT molecular complexity index is 898. The molecule has 3 rings (SSSR count). The Morgan fingerprint density at radius 2 is 2.23 bits per heavy atom. The van der Waals surface area contributed by atoms with Gasteiger partial charge in [-0.1, -0.05) is 0 Å². The maximum Gasteiger partial charge on any atom is 0.242 e. The van der Waals surface area contributed by atoms with Crippen LogP contribution in [0.15, 0.2) is 34.7 Å². The third-order valence-corrected chi connectivity index (χ3v) is 5.63. The Kier molecular flexibility index (Phi) is 3.98. The van der Waals surface area contributed by atoms with Crippen molar-refractivity contribution in [2.24, 2.45) is 0 Å². The summed E-state index contributed by atoms with van der Waals surface area (Å²) >= 11 is 1.47. The van der Waals surface area contributed by atoms with Crippen LogP contribution in [-0.4, -0.2) is 29.6 Å². The average Bonchev–Trinajstić information content (AvgIpc) is 3.05. The van der Waals surface area contributed by atoms with E-state index in [0.717, 1.165) is 21.6 Å². The van der Waals surface area contributed by atoms with E-state index in [1.54, 1.807) is 6.07 Å². The summed E-state index contributed by atoms with van der Waals surface area (Å²) in [5.41, 5.74) is 2.60. The Morgan fingerprint density at radius 1 is 1.41 bits per heavy atom. The molecule has 1 unspecified atom stereocenters. The number of sulfonamides is 1. The predicted molar refractivity (Wildman–Crippen MR) is 86.4 cm³/mol. The number of nitrogens with zero attached hydrogens (tertiary/aromatic N) is 2. The zero-order valence-electron chi connectivity index (χ0n) is 12.2. The Labute approximate surface area is 132 Å². The number of hydrogen-bond donors (Lipinski definition) is 2. The van der Waals surface area contributed by atoms with E-state index >= 15 is 0 Å². The summed E-state index contributed by atoms with van der Waals surface area (Å²) in [6.07, 6.45) is 1.92. The van der Waals surface area contributed by atoms with E-state index in [2.05, 4.69) is 19.9 Å². The van der Waals surface area contributed by atoms with Gasteiger partial charge in [0.1, 0.15) is 4.90 Å². The molecule has 116 valence electrons. The van der Waals surface area contributed by atoms with Gasteiger partial charge in [-0.25, -0.2) is 13.1 Å². The van der Waals surface area contributed by atoms with Crippen molar-refractivity contribution in [3.05, 3.63) is 41.2 Å². The highest BCUT2D eigenvalue weighted by molar-refractivity contribution is 7.89. The summed E-state index contributed by atoms with van der Waals surface area (Å²) in [5, 5.41) is 8.86. The molecule has 0 amide bonds. The van der Waals surface area contributed by atoms with Gasteiger partial charge in [0.15, 0.2) is 0 Å². The topological polar surface area (TPSA) is 87.7 Å². The van der Waals surface area contributed by atoms with Crippen LogP contribution in [0.25, 0.3) is 10.2 Å². The lowest BCUT2D eigenvalue weighted by Gasteiger charge is -2.13. The van der Waals surface area contributed by atoms with E-state index in [0.29, 0.717) is 6.42 Å². The first kappa shape index (κ1) is 15.1. The van der Waals surface area contributed by atoms with Gasteiger partial charge in [0, 0.05) is 24.4 Å². The molecule has 0 aliphatic heterocycles. The number of aryl methyl sites for hydroxylation is 1. The zero-order valence-corrected chi connectivity index (χ0v) is 13.8. The second-order valence-corrected chi connectivity index (χ2v) is 7.91. The molecular weight excluding hydrogens is 320 g/mol. The van der Waals surface area contributed by atoms with Gasteiger partial charge >= 0.3 is 0 Å². The molecule has 3 aromatic rings. The maximum atomic E-state index is 12.4. The number of fused-ring (bicyclic) bond motifs is 1. The zero-order chi connectivity index (χ0) is 15.7. The molecule has 0 bridgehead atoms. The summed E-state index contributed by atoms with van der Waals surface area (Å²) < 4.78 is 28.4. The maximum absolute atomic E-state index is 12.4. The largest absolute Gasteiger partial charge is 0.283 e. The number of rotatable bonds is 5. The van der Waals surface area contributed by atoms with Crippen molar-refractivity contribution in [2.45, 2.75) is 31.2 Å². The van der Waals surface area contributed by atoms with Gasteiger partial charge in [-0.2, -0.15) is 5.10 Å². The fraction of sp³-hybridized carbons (Fsp3) is 0.286. The van der Waals surface area contributed by atoms with Crippen LogP contribution in [-0.2, 0) is 16.4 Å². The van der Waals surface area contributed by atoms with Gasteiger partial charge in [-0.05, 0) is 37.4 Å². The third-order valence-electron chi connectivity index (χ3n) is 3.22. The Hall–Kier alpha value is -1.77. The number of thiophene rings is 1. The molecule has 2 N–H and O–H groups in total. The number of pyridine rings is 1. The number of aromatic nitrogens is 3. The lowest BCUT2D eigenvalue weighted by molar-refractivity contribution is 0.557. The minimum absolute atomic E-state index is 0.188. The highest BCUT2D eigenvalue weighted by Crippen LogP contribution is 2.21. The number of aromatic amines is 1. The fourth-order valence-electron chi connectivity index (χ4n) is 2.24. The second-order valence-electron chi connectivity index (χ2n) is 5.24. The van der Waals surface area contributed by atoms with Crippen molar-refractivity contribution in [2.75, 3.05) is 0 Å². The van der Waals surface area contributed by atoms with E-state index in [4.69, 9.17) is 0 Å². The van der Waals surface area contributed by atoms with Crippen molar-refractivity contribution in [1.29, 1.82) is 0 Å². The highest BCUT2D eigenvalue weighted by atomic mass is 32.2. The molecule has 8 heteroatoms. The number of nitrogens with one attached hydrogen (secondary N) is 2. The lowest BCUT2D eigenvalue weighted by atomic mass is 10.2. The van der Waals surface area contributed by atoms with E-state index in [1.165, 1.54) is 17.5 Å². The van der Waals surface area contributed by atoms with E-state index < -0.39 is 10.0 Å². The molecule has 0 aliphatic carbocycles. The molecule has 0 spiro atoms. The van der Waals surface area contributed by atoms with Crippen molar-refractivity contribution >= 4 is 31.6 Å². The molecule has 0 aliphatic rings. The van der Waals surface area contributed by atoms with Gasteiger partial charge < -0.3 is 0 Å². The van der Waals surface area contributed by atoms with Crippen molar-refractivity contribution in [3.63, 3.8) is 0 Å². The highest BCUT2D eigenvalue weighted by Gasteiger charge is 2.19. The van der Waals surface area contributed by atoms with E-state index in [1.807, 2.05) is 31.4 Å². The van der Waals surface area contributed by atoms with E-state index in [9.17, 15) is 8.42 Å². The molecule has 0 fully saturated rings. The molecule has 3 heterocycles. The van der Waals surface area contributed by atoms with Crippen LogP contribution in [0.4, 0.5) is 0 Å². The third kappa shape index (κ3) is 3.18. The first-order valence-corrected chi connectivity index (χ1v) is 9.17. The molecule has 3 aromatic heterocycles. The molecule has 22 heavy (non-hydrogen) atoms. The Morgan fingerprint density at radius 3 is 2.95 bits per heavy atom. The smallest absolute Gasteiger partial charge is 0.242 e. The summed E-state index contributed by atoms with van der Waals surface area (Å²) in [7, 11) is -3.59. The average molecular weight is 336 g/mol.